The van der Waals surface area contributed by atoms with Crippen molar-refractivity contribution in [3.8, 4) is 28.7 Å². The Morgan fingerprint density at radius 3 is 2.37 bits per heavy atom. The zero-order chi connectivity index (χ0) is 26.6. The Morgan fingerprint density at radius 1 is 0.921 bits per heavy atom. The number of carbonyl (C=O) groups is 2. The predicted molar refractivity (Wildman–Crippen MR) is 137 cm³/mol. The zero-order valence-electron chi connectivity index (χ0n) is 21.5. The SMILES string of the molecule is CCOC(=O)c1ccc(OC[C@@H]2c3cc(OC)c(OC)cc3CCN2C(=O)c2ccc3c(c2)OCO3)cc1. The van der Waals surface area contributed by atoms with Crippen molar-refractivity contribution in [1.29, 1.82) is 0 Å². The van der Waals surface area contributed by atoms with Crippen LogP contribution in [0, 0.1) is 0 Å². The van der Waals surface area contributed by atoms with Crippen LogP contribution in [-0.2, 0) is 11.2 Å². The van der Waals surface area contributed by atoms with E-state index in [1.54, 1.807) is 68.5 Å². The van der Waals surface area contributed by atoms with E-state index in [1.807, 2.05) is 12.1 Å². The highest BCUT2D eigenvalue weighted by molar-refractivity contribution is 5.95. The second kappa shape index (κ2) is 10.9. The van der Waals surface area contributed by atoms with Crippen LogP contribution in [0.25, 0.3) is 0 Å². The molecule has 9 nitrogen and oxygen atoms in total. The van der Waals surface area contributed by atoms with E-state index < -0.39 is 6.04 Å². The molecule has 5 rings (SSSR count). The minimum Gasteiger partial charge on any atom is -0.493 e. The van der Waals surface area contributed by atoms with Gasteiger partial charge in [0.25, 0.3) is 5.91 Å². The van der Waals surface area contributed by atoms with Crippen LogP contribution in [0.15, 0.2) is 54.6 Å². The van der Waals surface area contributed by atoms with Gasteiger partial charge in [-0.2, -0.15) is 0 Å². The maximum absolute atomic E-state index is 13.8. The summed E-state index contributed by atoms with van der Waals surface area (Å²) in [5.41, 5.74) is 2.93. The van der Waals surface area contributed by atoms with Crippen molar-refractivity contribution in [2.45, 2.75) is 19.4 Å². The Hall–Kier alpha value is -4.40. The number of fused-ring (bicyclic) bond motifs is 2. The van der Waals surface area contributed by atoms with Crippen LogP contribution in [0.1, 0.15) is 44.8 Å². The van der Waals surface area contributed by atoms with Gasteiger partial charge in [0.1, 0.15) is 12.4 Å². The summed E-state index contributed by atoms with van der Waals surface area (Å²) in [4.78, 5) is 27.5. The van der Waals surface area contributed by atoms with Crippen molar-refractivity contribution in [3.05, 3.63) is 76.9 Å². The minimum atomic E-state index is -0.402. The van der Waals surface area contributed by atoms with Gasteiger partial charge >= 0.3 is 5.97 Å². The first-order valence-electron chi connectivity index (χ1n) is 12.4. The topological polar surface area (TPSA) is 92.8 Å². The van der Waals surface area contributed by atoms with E-state index in [2.05, 4.69) is 0 Å². The van der Waals surface area contributed by atoms with E-state index >= 15 is 0 Å². The second-order valence-corrected chi connectivity index (χ2v) is 8.79. The Labute approximate surface area is 220 Å². The summed E-state index contributed by atoms with van der Waals surface area (Å²) in [5.74, 6) is 2.42. The molecule has 0 N–H and O–H groups in total. The average Bonchev–Trinajstić information content (AvgIpc) is 3.43. The zero-order valence-corrected chi connectivity index (χ0v) is 21.5. The maximum Gasteiger partial charge on any atom is 0.338 e. The fourth-order valence-electron chi connectivity index (χ4n) is 4.72. The number of nitrogens with zero attached hydrogens (tertiary/aromatic N) is 1. The normalized spacial score (nSPS) is 15.4. The third-order valence-electron chi connectivity index (χ3n) is 6.66. The van der Waals surface area contributed by atoms with Crippen LogP contribution < -0.4 is 23.7 Å². The van der Waals surface area contributed by atoms with Gasteiger partial charge in [-0.25, -0.2) is 4.79 Å². The van der Waals surface area contributed by atoms with Gasteiger partial charge in [0, 0.05) is 12.1 Å². The quantitative estimate of drug-likeness (QED) is 0.404. The fraction of sp³-hybridized carbons (Fsp3) is 0.310. The molecule has 0 radical (unpaired) electrons. The molecule has 0 aliphatic carbocycles. The molecule has 3 aromatic rings. The summed E-state index contributed by atoms with van der Waals surface area (Å²) >= 11 is 0. The van der Waals surface area contributed by atoms with Crippen molar-refractivity contribution >= 4 is 11.9 Å². The number of esters is 1. The summed E-state index contributed by atoms with van der Waals surface area (Å²) in [7, 11) is 3.18. The van der Waals surface area contributed by atoms with E-state index in [9.17, 15) is 9.59 Å². The van der Waals surface area contributed by atoms with Gasteiger partial charge in [0.15, 0.2) is 23.0 Å². The Balaban J connectivity index is 1.44. The lowest BCUT2D eigenvalue weighted by Gasteiger charge is -2.37. The number of benzene rings is 3. The standard InChI is InChI=1S/C29H29NO8/c1-4-35-29(32)18-5-8-21(9-6-18)36-16-23-22-15-26(34-3)25(33-2)13-19(22)11-12-30(23)28(31)20-7-10-24-27(14-20)38-17-37-24/h5-10,13-15,23H,4,11-12,16-17H2,1-3H3/t23-/m1/s1. The number of ether oxygens (including phenoxy) is 6. The second-order valence-electron chi connectivity index (χ2n) is 8.79. The molecule has 0 saturated heterocycles. The first-order valence-corrected chi connectivity index (χ1v) is 12.4. The Bertz CT molecular complexity index is 1340. The highest BCUT2D eigenvalue weighted by Crippen LogP contribution is 2.40. The predicted octanol–water partition coefficient (Wildman–Crippen LogP) is 4.43. The van der Waals surface area contributed by atoms with Crippen LogP contribution in [0.2, 0.25) is 0 Å². The van der Waals surface area contributed by atoms with Crippen molar-refractivity contribution in [2.24, 2.45) is 0 Å². The van der Waals surface area contributed by atoms with E-state index in [0.717, 1.165) is 11.1 Å². The van der Waals surface area contributed by atoms with Crippen molar-refractivity contribution in [1.82, 2.24) is 4.90 Å². The lowest BCUT2D eigenvalue weighted by molar-refractivity contribution is 0.0524. The van der Waals surface area contributed by atoms with E-state index in [0.29, 0.717) is 59.4 Å². The van der Waals surface area contributed by atoms with Gasteiger partial charge < -0.3 is 33.3 Å². The van der Waals surface area contributed by atoms with E-state index in [4.69, 9.17) is 28.4 Å². The van der Waals surface area contributed by atoms with Crippen LogP contribution >= 0.6 is 0 Å². The molecule has 38 heavy (non-hydrogen) atoms. The lowest BCUT2D eigenvalue weighted by atomic mass is 9.91. The number of methoxy groups -OCH3 is 2. The van der Waals surface area contributed by atoms with Crippen molar-refractivity contribution in [2.75, 3.05) is 40.8 Å². The summed E-state index contributed by atoms with van der Waals surface area (Å²) < 4.78 is 33.1. The third-order valence-corrected chi connectivity index (χ3v) is 6.66. The molecule has 0 bridgehead atoms. The van der Waals surface area contributed by atoms with Crippen LogP contribution in [-0.4, -0.2) is 57.5 Å². The molecule has 1 atom stereocenters. The average molecular weight is 520 g/mol. The molecule has 0 aromatic heterocycles. The molecule has 0 fully saturated rings. The molecular weight excluding hydrogens is 490 g/mol. The molecule has 1 amide bonds. The van der Waals surface area contributed by atoms with Gasteiger partial charge in [-0.05, 0) is 79.1 Å². The van der Waals surface area contributed by atoms with Crippen LogP contribution in [0.3, 0.4) is 0 Å². The number of amides is 1. The molecule has 0 unspecified atom stereocenters. The minimum absolute atomic E-state index is 0.136. The first-order chi connectivity index (χ1) is 18.5. The maximum atomic E-state index is 13.8. The highest BCUT2D eigenvalue weighted by atomic mass is 16.7. The molecule has 198 valence electrons. The monoisotopic (exact) mass is 519 g/mol. The largest absolute Gasteiger partial charge is 0.493 e. The third kappa shape index (κ3) is 4.91. The molecular formula is C29H29NO8. The van der Waals surface area contributed by atoms with Gasteiger partial charge in [-0.1, -0.05) is 0 Å². The summed E-state index contributed by atoms with van der Waals surface area (Å²) in [6, 6.07) is 15.4. The summed E-state index contributed by atoms with van der Waals surface area (Å²) in [6.45, 7) is 2.89. The number of hydrogen-bond acceptors (Lipinski definition) is 8. The molecule has 0 spiro atoms. The van der Waals surface area contributed by atoms with Gasteiger partial charge in [-0.3, -0.25) is 4.79 Å². The van der Waals surface area contributed by atoms with Gasteiger partial charge in [-0.15, -0.1) is 0 Å². The van der Waals surface area contributed by atoms with Crippen molar-refractivity contribution in [3.63, 3.8) is 0 Å². The van der Waals surface area contributed by atoms with Gasteiger partial charge in [0.2, 0.25) is 6.79 Å². The molecule has 0 saturated carbocycles. The highest BCUT2D eigenvalue weighted by Gasteiger charge is 2.34. The van der Waals surface area contributed by atoms with Gasteiger partial charge in [0.05, 0.1) is 32.4 Å². The first kappa shape index (κ1) is 25.3. The van der Waals surface area contributed by atoms with Crippen LogP contribution in [0.4, 0.5) is 0 Å². The van der Waals surface area contributed by atoms with Crippen LogP contribution in [0.5, 0.6) is 28.7 Å². The number of hydrogen-bond donors (Lipinski definition) is 0. The summed E-state index contributed by atoms with van der Waals surface area (Å²) in [5, 5.41) is 0. The number of rotatable bonds is 8. The fourth-order valence-corrected chi connectivity index (χ4v) is 4.72. The molecule has 9 heteroatoms. The lowest BCUT2D eigenvalue weighted by Crippen LogP contribution is -2.42. The Kier molecular flexibility index (Phi) is 7.26. The van der Waals surface area contributed by atoms with E-state index in [1.165, 1.54) is 0 Å². The van der Waals surface area contributed by atoms with E-state index in [-0.39, 0.29) is 25.3 Å². The smallest absolute Gasteiger partial charge is 0.338 e. The molecule has 2 aliphatic heterocycles. The molecule has 3 aromatic carbocycles. The van der Waals surface area contributed by atoms with Crippen molar-refractivity contribution < 1.29 is 38.0 Å². The summed E-state index contributed by atoms with van der Waals surface area (Å²) in [6.07, 6.45) is 0.650. The number of carbonyl (C=O) groups excluding carboxylic acids is 2. The molecule has 2 heterocycles. The molecule has 2 aliphatic rings. The Morgan fingerprint density at radius 2 is 1.63 bits per heavy atom.